The predicted molar refractivity (Wildman–Crippen MR) is 69.0 cm³/mol. The van der Waals surface area contributed by atoms with Crippen LogP contribution in [0, 0.1) is 11.8 Å². The molecule has 1 heterocycles. The molecule has 1 aliphatic rings. The van der Waals surface area contributed by atoms with Crippen molar-refractivity contribution < 1.29 is 18.3 Å². The van der Waals surface area contributed by atoms with Crippen LogP contribution in [0.2, 0.25) is 0 Å². The molecule has 0 aliphatic heterocycles. The van der Waals surface area contributed by atoms with Crippen molar-refractivity contribution >= 4 is 0 Å². The molecule has 1 N–H and O–H groups in total. The van der Waals surface area contributed by atoms with Gasteiger partial charge in [-0.25, -0.2) is 0 Å². The molecule has 0 radical (unpaired) electrons. The fraction of sp³-hybridized carbons (Fsp3) is 0.786. The molecule has 0 saturated heterocycles. The van der Waals surface area contributed by atoms with E-state index in [2.05, 4.69) is 5.10 Å². The highest BCUT2D eigenvalue weighted by molar-refractivity contribution is 5.06. The smallest absolute Gasteiger partial charge is 0.387 e. The van der Waals surface area contributed by atoms with Gasteiger partial charge in [-0.3, -0.25) is 4.68 Å². The van der Waals surface area contributed by atoms with Crippen LogP contribution in [0.25, 0.3) is 0 Å². The first-order valence-corrected chi connectivity index (χ1v) is 7.20. The van der Waals surface area contributed by atoms with Crippen LogP contribution in [0.4, 0.5) is 13.2 Å². The summed E-state index contributed by atoms with van der Waals surface area (Å²) in [5, 5.41) is 14.5. The van der Waals surface area contributed by atoms with Gasteiger partial charge in [0.25, 0.3) is 0 Å². The Kier molecular flexibility index (Phi) is 4.73. The normalized spacial score (nSPS) is 25.6. The molecule has 1 aliphatic carbocycles. The number of halogens is 3. The number of nitrogens with zero attached hydrogens (tertiary/aromatic N) is 2. The summed E-state index contributed by atoms with van der Waals surface area (Å²) in [6.07, 6.45) is -1.17. The number of aryl methyl sites for hydroxylation is 1. The summed E-state index contributed by atoms with van der Waals surface area (Å²) in [7, 11) is 0. The lowest BCUT2D eigenvalue weighted by atomic mass is 9.77. The number of aromatic nitrogens is 2. The van der Waals surface area contributed by atoms with Crippen molar-refractivity contribution in [3.8, 4) is 0 Å². The standard InChI is InChI=1S/C14H21F3N2O/c1-2-8-19-12(6-7-18-19)13(20)10-4-3-5-11(9-10)14(15,16)17/h6-7,10-11,13,20H,2-5,8-9H2,1H3. The van der Waals surface area contributed by atoms with Gasteiger partial charge in [-0.1, -0.05) is 13.3 Å². The Hall–Kier alpha value is -1.04. The molecule has 2 rings (SSSR count). The molecule has 3 nitrogen and oxygen atoms in total. The number of hydrogen-bond acceptors (Lipinski definition) is 2. The highest BCUT2D eigenvalue weighted by Gasteiger charge is 2.43. The summed E-state index contributed by atoms with van der Waals surface area (Å²) < 4.78 is 40.2. The summed E-state index contributed by atoms with van der Waals surface area (Å²) >= 11 is 0. The van der Waals surface area contributed by atoms with E-state index in [4.69, 9.17) is 0 Å². The predicted octanol–water partition coefficient (Wildman–Crippen LogP) is 3.70. The fourth-order valence-corrected chi connectivity index (χ4v) is 3.05. The molecular formula is C14H21F3N2O. The van der Waals surface area contributed by atoms with E-state index >= 15 is 0 Å². The summed E-state index contributed by atoms with van der Waals surface area (Å²) in [5.74, 6) is -1.61. The zero-order valence-corrected chi connectivity index (χ0v) is 11.6. The van der Waals surface area contributed by atoms with E-state index in [9.17, 15) is 18.3 Å². The van der Waals surface area contributed by atoms with Crippen LogP contribution in [-0.4, -0.2) is 21.1 Å². The van der Waals surface area contributed by atoms with Crippen LogP contribution < -0.4 is 0 Å². The van der Waals surface area contributed by atoms with Crippen LogP contribution in [0.15, 0.2) is 12.3 Å². The SMILES string of the molecule is CCCn1nccc1C(O)C1CCCC(C(F)(F)F)C1. The number of aliphatic hydroxyl groups excluding tert-OH is 1. The Bertz CT molecular complexity index is 430. The van der Waals surface area contributed by atoms with Crippen molar-refractivity contribution in [1.29, 1.82) is 0 Å². The van der Waals surface area contributed by atoms with Crippen LogP contribution in [0.3, 0.4) is 0 Å². The highest BCUT2D eigenvalue weighted by Crippen LogP contribution is 2.43. The van der Waals surface area contributed by atoms with Gasteiger partial charge in [-0.15, -0.1) is 0 Å². The van der Waals surface area contributed by atoms with Crippen LogP contribution in [-0.2, 0) is 6.54 Å². The zero-order chi connectivity index (χ0) is 14.8. The molecule has 114 valence electrons. The first-order valence-electron chi connectivity index (χ1n) is 7.20. The van der Waals surface area contributed by atoms with Gasteiger partial charge in [-0.05, 0) is 37.7 Å². The largest absolute Gasteiger partial charge is 0.391 e. The number of alkyl halides is 3. The Morgan fingerprint density at radius 1 is 1.45 bits per heavy atom. The summed E-state index contributed by atoms with van der Waals surface area (Å²) in [6, 6.07) is 1.71. The van der Waals surface area contributed by atoms with E-state index in [1.165, 1.54) is 0 Å². The first-order chi connectivity index (χ1) is 9.43. The second-order valence-electron chi connectivity index (χ2n) is 5.59. The summed E-state index contributed by atoms with van der Waals surface area (Å²) in [4.78, 5) is 0. The lowest BCUT2D eigenvalue weighted by Gasteiger charge is -2.33. The third-order valence-electron chi connectivity index (χ3n) is 4.11. The molecule has 1 aromatic rings. The molecule has 1 saturated carbocycles. The maximum absolute atomic E-state index is 12.8. The van der Waals surface area contributed by atoms with Gasteiger partial charge in [0.15, 0.2) is 0 Å². The molecule has 0 amide bonds. The van der Waals surface area contributed by atoms with E-state index in [1.54, 1.807) is 16.9 Å². The van der Waals surface area contributed by atoms with Crippen molar-refractivity contribution in [2.24, 2.45) is 11.8 Å². The molecule has 0 spiro atoms. The zero-order valence-electron chi connectivity index (χ0n) is 11.6. The van der Waals surface area contributed by atoms with Crippen molar-refractivity contribution in [2.45, 2.75) is 57.9 Å². The van der Waals surface area contributed by atoms with Crippen LogP contribution in [0.5, 0.6) is 0 Å². The third kappa shape index (κ3) is 3.34. The average molecular weight is 290 g/mol. The van der Waals surface area contributed by atoms with Crippen molar-refractivity contribution in [3.05, 3.63) is 18.0 Å². The Labute approximate surface area is 116 Å². The van der Waals surface area contributed by atoms with Gasteiger partial charge >= 0.3 is 6.18 Å². The molecule has 3 unspecified atom stereocenters. The lowest BCUT2D eigenvalue weighted by Crippen LogP contribution is -2.31. The van der Waals surface area contributed by atoms with E-state index in [1.807, 2.05) is 6.92 Å². The van der Waals surface area contributed by atoms with Crippen molar-refractivity contribution in [2.75, 3.05) is 0 Å². The maximum Gasteiger partial charge on any atom is 0.391 e. The Morgan fingerprint density at radius 3 is 2.85 bits per heavy atom. The van der Waals surface area contributed by atoms with Gasteiger partial charge in [0.1, 0.15) is 0 Å². The Balaban J connectivity index is 2.08. The van der Waals surface area contributed by atoms with E-state index in [-0.39, 0.29) is 18.8 Å². The van der Waals surface area contributed by atoms with Crippen LogP contribution in [0.1, 0.15) is 50.8 Å². The number of rotatable bonds is 4. The first kappa shape index (κ1) is 15.4. The number of aliphatic hydroxyl groups is 1. The van der Waals surface area contributed by atoms with Crippen LogP contribution >= 0.6 is 0 Å². The lowest BCUT2D eigenvalue weighted by molar-refractivity contribution is -0.189. The van der Waals surface area contributed by atoms with Gasteiger partial charge < -0.3 is 5.11 Å². The minimum Gasteiger partial charge on any atom is -0.387 e. The van der Waals surface area contributed by atoms with Gasteiger partial charge in [0, 0.05) is 12.7 Å². The van der Waals surface area contributed by atoms with Crippen molar-refractivity contribution in [1.82, 2.24) is 9.78 Å². The second kappa shape index (κ2) is 6.16. The highest BCUT2D eigenvalue weighted by atomic mass is 19.4. The van der Waals surface area contributed by atoms with Crippen molar-refractivity contribution in [3.63, 3.8) is 0 Å². The van der Waals surface area contributed by atoms with Gasteiger partial charge in [0.05, 0.1) is 17.7 Å². The maximum atomic E-state index is 12.8. The molecule has 1 fully saturated rings. The molecule has 0 bridgehead atoms. The summed E-state index contributed by atoms with van der Waals surface area (Å²) in [6.45, 7) is 2.67. The van der Waals surface area contributed by atoms with E-state index in [0.717, 1.165) is 6.42 Å². The summed E-state index contributed by atoms with van der Waals surface area (Å²) in [5.41, 5.74) is 0.639. The molecule has 20 heavy (non-hydrogen) atoms. The minimum absolute atomic E-state index is 0.0158. The van der Waals surface area contributed by atoms with Gasteiger partial charge in [-0.2, -0.15) is 18.3 Å². The molecule has 6 heteroatoms. The average Bonchev–Trinajstić information content (AvgIpc) is 2.86. The Morgan fingerprint density at radius 2 is 2.20 bits per heavy atom. The molecule has 3 atom stereocenters. The molecule has 0 aromatic carbocycles. The third-order valence-corrected chi connectivity index (χ3v) is 4.11. The monoisotopic (exact) mass is 290 g/mol. The second-order valence-corrected chi connectivity index (χ2v) is 5.59. The molecule has 1 aromatic heterocycles. The van der Waals surface area contributed by atoms with E-state index < -0.39 is 18.2 Å². The minimum atomic E-state index is -4.15. The number of hydrogen-bond donors (Lipinski definition) is 1. The quantitative estimate of drug-likeness (QED) is 0.918. The van der Waals surface area contributed by atoms with E-state index in [0.29, 0.717) is 25.1 Å². The molecular weight excluding hydrogens is 269 g/mol. The fourth-order valence-electron chi connectivity index (χ4n) is 3.05. The van der Waals surface area contributed by atoms with Gasteiger partial charge in [0.2, 0.25) is 0 Å². The topological polar surface area (TPSA) is 38.0 Å².